The normalized spacial score (nSPS) is 29.6. The highest BCUT2D eigenvalue weighted by atomic mass is 16.5. The predicted molar refractivity (Wildman–Crippen MR) is 93.1 cm³/mol. The summed E-state index contributed by atoms with van der Waals surface area (Å²) in [5.74, 6) is -0.312. The fraction of sp³-hybridized carbons (Fsp3) is 0.889. The second-order valence-corrected chi connectivity index (χ2v) is 7.29. The molecule has 1 saturated carbocycles. The average molecular weight is 342 g/mol. The largest absolute Gasteiger partial charge is 0.466 e. The molecule has 1 aliphatic carbocycles. The van der Waals surface area contributed by atoms with Gasteiger partial charge in [0.2, 0.25) is 0 Å². The third-order valence-electron chi connectivity index (χ3n) is 5.63. The highest BCUT2D eigenvalue weighted by molar-refractivity contribution is 5.70. The monoisotopic (exact) mass is 342 g/mol. The molecule has 1 fully saturated rings. The van der Waals surface area contributed by atoms with Gasteiger partial charge >= 0.3 is 11.9 Å². The van der Waals surface area contributed by atoms with Crippen LogP contribution in [0.4, 0.5) is 0 Å². The van der Waals surface area contributed by atoms with Gasteiger partial charge in [-0.1, -0.05) is 13.8 Å². The van der Waals surface area contributed by atoms with E-state index >= 15 is 0 Å². The lowest BCUT2D eigenvalue weighted by Gasteiger charge is -2.48. The molecule has 0 amide bonds. The van der Waals surface area contributed by atoms with Crippen LogP contribution in [0.1, 0.15) is 66.2 Å². The first-order valence-corrected chi connectivity index (χ1v) is 9.06. The molecule has 6 nitrogen and oxygen atoms in total. The van der Waals surface area contributed by atoms with Crippen molar-refractivity contribution in [1.29, 1.82) is 0 Å². The van der Waals surface area contributed by atoms with E-state index in [1.807, 2.05) is 13.8 Å². The van der Waals surface area contributed by atoms with Crippen LogP contribution < -0.4 is 11.5 Å². The molecule has 0 aromatic heterocycles. The summed E-state index contributed by atoms with van der Waals surface area (Å²) in [4.78, 5) is 23.4. The smallest absolute Gasteiger partial charge is 0.306 e. The molecule has 0 saturated heterocycles. The summed E-state index contributed by atoms with van der Waals surface area (Å²) in [5, 5.41) is 0. The molecule has 0 aromatic rings. The van der Waals surface area contributed by atoms with Crippen LogP contribution in [0.5, 0.6) is 0 Å². The summed E-state index contributed by atoms with van der Waals surface area (Å²) in [6.45, 7) is 8.38. The summed E-state index contributed by atoms with van der Waals surface area (Å²) < 4.78 is 10.0. The lowest BCUT2D eigenvalue weighted by molar-refractivity contribution is -0.146. The lowest BCUT2D eigenvalue weighted by Crippen LogP contribution is -2.58. The van der Waals surface area contributed by atoms with Crippen molar-refractivity contribution in [2.75, 3.05) is 13.2 Å². The molecule has 0 aliphatic heterocycles. The Hall–Kier alpha value is -1.14. The highest BCUT2D eigenvalue weighted by Gasteiger charge is 2.44. The third-order valence-corrected chi connectivity index (χ3v) is 5.63. The Kier molecular flexibility index (Phi) is 7.67. The fourth-order valence-electron chi connectivity index (χ4n) is 3.51. The van der Waals surface area contributed by atoms with Gasteiger partial charge in [-0.15, -0.1) is 0 Å². The van der Waals surface area contributed by atoms with Gasteiger partial charge in [-0.25, -0.2) is 0 Å². The Morgan fingerprint density at radius 1 is 0.833 bits per heavy atom. The molecule has 0 heterocycles. The van der Waals surface area contributed by atoms with E-state index in [1.54, 1.807) is 13.8 Å². The summed E-state index contributed by atoms with van der Waals surface area (Å²) in [6.07, 6.45) is 3.66. The number of esters is 2. The van der Waals surface area contributed by atoms with E-state index in [0.29, 0.717) is 26.1 Å². The minimum atomic E-state index is -0.403. The molecule has 0 radical (unpaired) electrons. The number of carbonyl (C=O) groups excluding carboxylic acids is 2. The maximum Gasteiger partial charge on any atom is 0.306 e. The van der Waals surface area contributed by atoms with Gasteiger partial charge in [0.15, 0.2) is 0 Å². The van der Waals surface area contributed by atoms with Gasteiger partial charge in [0, 0.05) is 23.9 Å². The molecule has 0 spiro atoms. The van der Waals surface area contributed by atoms with Gasteiger partial charge in [-0.3, -0.25) is 9.59 Å². The zero-order valence-corrected chi connectivity index (χ0v) is 15.6. The van der Waals surface area contributed by atoms with E-state index in [1.165, 1.54) is 0 Å². The van der Waals surface area contributed by atoms with Gasteiger partial charge in [0.1, 0.15) is 0 Å². The van der Waals surface area contributed by atoms with Crippen molar-refractivity contribution in [2.24, 2.45) is 23.3 Å². The van der Waals surface area contributed by atoms with E-state index in [9.17, 15) is 9.59 Å². The first-order chi connectivity index (χ1) is 11.2. The summed E-state index contributed by atoms with van der Waals surface area (Å²) >= 11 is 0. The summed E-state index contributed by atoms with van der Waals surface area (Å²) in [5.41, 5.74) is 12.3. The maximum atomic E-state index is 11.7. The second kappa shape index (κ2) is 8.81. The Labute approximate surface area is 145 Å². The quantitative estimate of drug-likeness (QED) is 0.655. The lowest BCUT2D eigenvalue weighted by atomic mass is 9.63. The first-order valence-electron chi connectivity index (χ1n) is 9.06. The highest BCUT2D eigenvalue weighted by Crippen LogP contribution is 2.41. The molecular formula is C18H34N2O4. The van der Waals surface area contributed by atoms with Crippen LogP contribution in [0.15, 0.2) is 0 Å². The van der Waals surface area contributed by atoms with E-state index in [2.05, 4.69) is 0 Å². The number of carbonyl (C=O) groups is 2. The van der Waals surface area contributed by atoms with Crippen LogP contribution in [-0.2, 0) is 19.1 Å². The zero-order chi connectivity index (χ0) is 18.4. The second-order valence-electron chi connectivity index (χ2n) is 7.29. The van der Waals surface area contributed by atoms with E-state index in [-0.39, 0.29) is 23.8 Å². The van der Waals surface area contributed by atoms with Crippen LogP contribution in [-0.4, -0.2) is 36.2 Å². The Balaban J connectivity index is 2.59. The van der Waals surface area contributed by atoms with Gasteiger partial charge in [0.05, 0.1) is 13.2 Å². The molecule has 1 rings (SSSR count). The van der Waals surface area contributed by atoms with Crippen molar-refractivity contribution < 1.29 is 19.1 Å². The molecule has 2 atom stereocenters. The van der Waals surface area contributed by atoms with Crippen LogP contribution in [0, 0.1) is 11.8 Å². The minimum absolute atomic E-state index is 0.0430. The maximum absolute atomic E-state index is 11.7. The fourth-order valence-corrected chi connectivity index (χ4v) is 3.51. The van der Waals surface area contributed by atoms with Crippen molar-refractivity contribution in [1.82, 2.24) is 0 Å². The van der Waals surface area contributed by atoms with Crippen LogP contribution in [0.2, 0.25) is 0 Å². The van der Waals surface area contributed by atoms with Crippen molar-refractivity contribution in [2.45, 2.75) is 77.3 Å². The zero-order valence-electron chi connectivity index (χ0n) is 15.6. The van der Waals surface area contributed by atoms with E-state index in [4.69, 9.17) is 20.9 Å². The van der Waals surface area contributed by atoms with Gasteiger partial charge < -0.3 is 20.9 Å². The molecule has 6 heteroatoms. The summed E-state index contributed by atoms with van der Waals surface area (Å²) in [6, 6.07) is 0. The standard InChI is InChI=1S/C18H34N2O4/c1-5-23-15(21)11-13(3)17(19)7-9-18(20,10-8-17)14(4)12-16(22)24-6-2/h13-14H,5-12,19-20H2,1-4H3. The van der Waals surface area contributed by atoms with Gasteiger partial charge in [-0.2, -0.15) is 0 Å². The Morgan fingerprint density at radius 3 is 1.38 bits per heavy atom. The molecule has 2 unspecified atom stereocenters. The van der Waals surface area contributed by atoms with Crippen LogP contribution in [0.25, 0.3) is 0 Å². The molecule has 0 aromatic carbocycles. The first kappa shape index (κ1) is 20.9. The topological polar surface area (TPSA) is 105 Å². The molecule has 0 bridgehead atoms. The number of ether oxygens (including phenoxy) is 2. The van der Waals surface area contributed by atoms with Crippen molar-refractivity contribution >= 4 is 11.9 Å². The molecule has 140 valence electrons. The van der Waals surface area contributed by atoms with Crippen molar-refractivity contribution in [3.63, 3.8) is 0 Å². The van der Waals surface area contributed by atoms with Gasteiger partial charge in [0.25, 0.3) is 0 Å². The van der Waals surface area contributed by atoms with Crippen LogP contribution in [0.3, 0.4) is 0 Å². The minimum Gasteiger partial charge on any atom is -0.466 e. The third kappa shape index (κ3) is 5.45. The number of hydrogen-bond donors (Lipinski definition) is 2. The summed E-state index contributed by atoms with van der Waals surface area (Å²) in [7, 11) is 0. The molecule has 24 heavy (non-hydrogen) atoms. The molecule has 1 aliphatic rings. The predicted octanol–water partition coefficient (Wildman–Crippen LogP) is 2.13. The Bertz CT molecular complexity index is 391. The van der Waals surface area contributed by atoms with Gasteiger partial charge in [-0.05, 0) is 51.4 Å². The molecule has 4 N–H and O–H groups in total. The number of rotatable bonds is 8. The van der Waals surface area contributed by atoms with Crippen molar-refractivity contribution in [3.05, 3.63) is 0 Å². The Morgan fingerprint density at radius 2 is 1.12 bits per heavy atom. The van der Waals surface area contributed by atoms with E-state index < -0.39 is 11.1 Å². The van der Waals surface area contributed by atoms with Crippen molar-refractivity contribution in [3.8, 4) is 0 Å². The van der Waals surface area contributed by atoms with Crippen LogP contribution >= 0.6 is 0 Å². The number of hydrogen-bond acceptors (Lipinski definition) is 6. The average Bonchev–Trinajstić information content (AvgIpc) is 2.50. The molecular weight excluding hydrogens is 308 g/mol. The SMILES string of the molecule is CCOC(=O)CC(C)C1(N)CCC(N)(C(C)CC(=O)OCC)CC1. The van der Waals surface area contributed by atoms with E-state index in [0.717, 1.165) is 25.7 Å². The number of nitrogens with two attached hydrogens (primary N) is 2.